The quantitative estimate of drug-likeness (QED) is 0.402. The molecule has 0 heterocycles. The van der Waals surface area contributed by atoms with Crippen molar-refractivity contribution in [1.82, 2.24) is 5.32 Å². The van der Waals surface area contributed by atoms with Gasteiger partial charge in [-0.25, -0.2) is 0 Å². The van der Waals surface area contributed by atoms with E-state index in [1.807, 2.05) is 0 Å². The molecule has 0 aromatic heterocycles. The maximum Gasteiger partial charge on any atom is 0.303 e. The van der Waals surface area contributed by atoms with E-state index in [-0.39, 0.29) is 0 Å². The molecule has 0 spiro atoms. The van der Waals surface area contributed by atoms with Crippen LogP contribution in [0.25, 0.3) is 0 Å². The third-order valence-corrected chi connectivity index (χ3v) is 3.70. The van der Waals surface area contributed by atoms with Crippen LogP contribution in [0.3, 0.4) is 0 Å². The second-order valence-electron chi connectivity index (χ2n) is 5.78. The molecule has 0 atom stereocenters. The number of rotatable bonds is 16. The molecule has 2 N–H and O–H groups in total. The Bertz CT molecular complexity index is 207. The van der Waals surface area contributed by atoms with Crippen LogP contribution in [0.5, 0.6) is 0 Å². The van der Waals surface area contributed by atoms with Gasteiger partial charge in [0.1, 0.15) is 0 Å². The smallest absolute Gasteiger partial charge is 0.303 e. The highest BCUT2D eigenvalue weighted by molar-refractivity contribution is 5.66. The maximum absolute atomic E-state index is 10.3. The second kappa shape index (κ2) is 16.5. The molecule has 0 aromatic rings. The first-order chi connectivity index (χ1) is 9.77. The number of unbranched alkanes of at least 4 members (excludes halogenated alkanes) is 10. The van der Waals surface area contributed by atoms with E-state index in [1.54, 1.807) is 0 Å². The molecule has 3 heteroatoms. The summed E-state index contributed by atoms with van der Waals surface area (Å²) in [6.45, 7) is 4.31. The van der Waals surface area contributed by atoms with Gasteiger partial charge < -0.3 is 10.4 Å². The van der Waals surface area contributed by atoms with Gasteiger partial charge in [-0.15, -0.1) is 0 Å². The van der Waals surface area contributed by atoms with Crippen LogP contribution >= 0.6 is 0 Å². The van der Waals surface area contributed by atoms with Gasteiger partial charge in [0.2, 0.25) is 0 Å². The predicted octanol–water partition coefficient (Wildman–Crippen LogP) is 4.75. The SMILES string of the molecule is CCCCCCCCCCCCNCCCCC(=O)O. The van der Waals surface area contributed by atoms with E-state index in [9.17, 15) is 4.79 Å². The molecule has 0 saturated carbocycles. The minimum absolute atomic E-state index is 0.305. The van der Waals surface area contributed by atoms with Crippen molar-refractivity contribution in [2.45, 2.75) is 90.4 Å². The normalized spacial score (nSPS) is 10.8. The van der Waals surface area contributed by atoms with E-state index in [0.717, 1.165) is 25.9 Å². The first-order valence-corrected chi connectivity index (χ1v) is 8.70. The molecule has 120 valence electrons. The highest BCUT2D eigenvalue weighted by Gasteiger charge is 1.96. The molecule has 0 amide bonds. The van der Waals surface area contributed by atoms with Crippen LogP contribution in [0.1, 0.15) is 90.4 Å². The van der Waals surface area contributed by atoms with E-state index < -0.39 is 5.97 Å². The van der Waals surface area contributed by atoms with E-state index in [1.165, 1.54) is 64.2 Å². The molecule has 0 aliphatic carbocycles. The molecular formula is C17H35NO2. The zero-order chi connectivity index (χ0) is 14.9. The van der Waals surface area contributed by atoms with Gasteiger partial charge in [0.05, 0.1) is 0 Å². The lowest BCUT2D eigenvalue weighted by molar-refractivity contribution is -0.137. The molecule has 0 fully saturated rings. The Morgan fingerprint density at radius 1 is 0.750 bits per heavy atom. The molecular weight excluding hydrogens is 250 g/mol. The van der Waals surface area contributed by atoms with Gasteiger partial charge >= 0.3 is 5.97 Å². The first kappa shape index (κ1) is 19.4. The van der Waals surface area contributed by atoms with Gasteiger partial charge in [0, 0.05) is 6.42 Å². The average molecular weight is 285 g/mol. The highest BCUT2D eigenvalue weighted by atomic mass is 16.4. The number of hydrogen-bond acceptors (Lipinski definition) is 2. The summed E-state index contributed by atoms with van der Waals surface area (Å²) in [5.74, 6) is -0.681. The Morgan fingerprint density at radius 2 is 1.20 bits per heavy atom. The lowest BCUT2D eigenvalue weighted by Crippen LogP contribution is -2.16. The van der Waals surface area contributed by atoms with Gasteiger partial charge in [-0.05, 0) is 32.4 Å². The standard InChI is InChI=1S/C17H35NO2/c1-2-3-4-5-6-7-8-9-10-12-15-18-16-13-11-14-17(19)20/h18H,2-16H2,1H3,(H,19,20). The summed E-state index contributed by atoms with van der Waals surface area (Å²) in [6, 6.07) is 0. The van der Waals surface area contributed by atoms with Crippen molar-refractivity contribution in [3.05, 3.63) is 0 Å². The Kier molecular flexibility index (Phi) is 16.0. The van der Waals surface area contributed by atoms with Crippen molar-refractivity contribution >= 4 is 5.97 Å². The lowest BCUT2D eigenvalue weighted by Gasteiger charge is -2.04. The third kappa shape index (κ3) is 17.4. The summed E-state index contributed by atoms with van der Waals surface area (Å²) < 4.78 is 0. The van der Waals surface area contributed by atoms with Gasteiger partial charge in [0.25, 0.3) is 0 Å². The maximum atomic E-state index is 10.3. The van der Waals surface area contributed by atoms with Crippen LogP contribution in [0.15, 0.2) is 0 Å². The molecule has 0 radical (unpaired) electrons. The Balaban J connectivity index is 2.94. The summed E-state index contributed by atoms with van der Waals surface area (Å²) in [5.41, 5.74) is 0. The third-order valence-electron chi connectivity index (χ3n) is 3.70. The monoisotopic (exact) mass is 285 g/mol. The van der Waals surface area contributed by atoms with Crippen LogP contribution in [-0.4, -0.2) is 24.2 Å². The van der Waals surface area contributed by atoms with E-state index in [2.05, 4.69) is 12.2 Å². The summed E-state index contributed by atoms with van der Waals surface area (Å²) in [7, 11) is 0. The van der Waals surface area contributed by atoms with Crippen LogP contribution < -0.4 is 5.32 Å². The largest absolute Gasteiger partial charge is 0.481 e. The second-order valence-corrected chi connectivity index (χ2v) is 5.78. The molecule has 0 saturated heterocycles. The Labute approximate surface area is 125 Å². The summed E-state index contributed by atoms with van der Waals surface area (Å²) >= 11 is 0. The van der Waals surface area contributed by atoms with Gasteiger partial charge in [-0.3, -0.25) is 4.79 Å². The van der Waals surface area contributed by atoms with Crippen molar-refractivity contribution in [1.29, 1.82) is 0 Å². The fourth-order valence-electron chi connectivity index (χ4n) is 2.39. The van der Waals surface area contributed by atoms with E-state index >= 15 is 0 Å². The number of aliphatic carboxylic acids is 1. The number of carbonyl (C=O) groups is 1. The van der Waals surface area contributed by atoms with Crippen molar-refractivity contribution in [3.63, 3.8) is 0 Å². The molecule has 0 bridgehead atoms. The average Bonchev–Trinajstić information content (AvgIpc) is 2.43. The summed E-state index contributed by atoms with van der Waals surface area (Å²) in [4.78, 5) is 10.3. The fraction of sp³-hybridized carbons (Fsp3) is 0.941. The highest BCUT2D eigenvalue weighted by Crippen LogP contribution is 2.10. The van der Waals surface area contributed by atoms with Crippen LogP contribution in [0.4, 0.5) is 0 Å². The molecule has 0 aliphatic rings. The molecule has 0 rings (SSSR count). The molecule has 3 nitrogen and oxygen atoms in total. The number of nitrogens with one attached hydrogen (secondary N) is 1. The van der Waals surface area contributed by atoms with Crippen LogP contribution in [0.2, 0.25) is 0 Å². The summed E-state index contributed by atoms with van der Waals surface area (Å²) in [5, 5.41) is 11.9. The van der Waals surface area contributed by atoms with Crippen molar-refractivity contribution in [2.75, 3.05) is 13.1 Å². The first-order valence-electron chi connectivity index (χ1n) is 8.70. The van der Waals surface area contributed by atoms with Gasteiger partial charge in [0.15, 0.2) is 0 Å². The molecule has 0 aliphatic heterocycles. The van der Waals surface area contributed by atoms with Gasteiger partial charge in [-0.1, -0.05) is 64.7 Å². The Hall–Kier alpha value is -0.570. The molecule has 20 heavy (non-hydrogen) atoms. The van der Waals surface area contributed by atoms with E-state index in [4.69, 9.17) is 5.11 Å². The summed E-state index contributed by atoms with van der Waals surface area (Å²) in [6.07, 6.45) is 15.8. The zero-order valence-electron chi connectivity index (χ0n) is 13.5. The fourth-order valence-corrected chi connectivity index (χ4v) is 2.39. The van der Waals surface area contributed by atoms with Crippen LogP contribution in [-0.2, 0) is 4.79 Å². The number of carboxylic acid groups (broad SMARTS) is 1. The van der Waals surface area contributed by atoms with Gasteiger partial charge in [-0.2, -0.15) is 0 Å². The Morgan fingerprint density at radius 3 is 1.70 bits per heavy atom. The van der Waals surface area contributed by atoms with Crippen molar-refractivity contribution in [3.8, 4) is 0 Å². The predicted molar refractivity (Wildman–Crippen MR) is 86.2 cm³/mol. The minimum atomic E-state index is -0.681. The van der Waals surface area contributed by atoms with Crippen molar-refractivity contribution < 1.29 is 9.90 Å². The lowest BCUT2D eigenvalue weighted by atomic mass is 10.1. The number of carboxylic acids is 1. The van der Waals surface area contributed by atoms with E-state index in [0.29, 0.717) is 6.42 Å². The van der Waals surface area contributed by atoms with Crippen LogP contribution in [0, 0.1) is 0 Å². The topological polar surface area (TPSA) is 49.3 Å². The van der Waals surface area contributed by atoms with Crippen molar-refractivity contribution in [2.24, 2.45) is 0 Å². The zero-order valence-corrected chi connectivity index (χ0v) is 13.5. The molecule has 0 aromatic carbocycles. The molecule has 0 unspecified atom stereocenters. The minimum Gasteiger partial charge on any atom is -0.481 e. The number of hydrogen-bond donors (Lipinski definition) is 2.